The number of nitrogens with one attached hydrogen (secondary N) is 1. The lowest BCUT2D eigenvalue weighted by Gasteiger charge is -2.10. The molecule has 0 aliphatic heterocycles. The van der Waals surface area contributed by atoms with Crippen molar-refractivity contribution in [1.29, 1.82) is 0 Å². The van der Waals surface area contributed by atoms with Gasteiger partial charge in [0.2, 0.25) is 5.91 Å². The van der Waals surface area contributed by atoms with Crippen molar-refractivity contribution in [3.63, 3.8) is 0 Å². The summed E-state index contributed by atoms with van der Waals surface area (Å²) in [7, 11) is 1.35. The number of anilines is 1. The number of ether oxygens (including phenoxy) is 1. The van der Waals surface area contributed by atoms with Crippen LogP contribution in [0.5, 0.6) is 0 Å². The van der Waals surface area contributed by atoms with E-state index in [1.54, 1.807) is 0 Å². The molecule has 0 saturated carbocycles. The average molecular weight is 345 g/mol. The molecule has 1 heterocycles. The Morgan fingerprint density at radius 2 is 1.92 bits per heavy atom. The van der Waals surface area contributed by atoms with Crippen LogP contribution in [0.3, 0.4) is 0 Å². The van der Waals surface area contributed by atoms with Crippen molar-refractivity contribution in [1.82, 2.24) is 0 Å². The molecule has 0 atom stereocenters. The Morgan fingerprint density at radius 1 is 1.21 bits per heavy atom. The van der Waals surface area contributed by atoms with Gasteiger partial charge in [0, 0.05) is 17.4 Å². The molecule has 1 N–H and O–H groups in total. The molecular weight excluding hydrogens is 322 g/mol. The summed E-state index contributed by atoms with van der Waals surface area (Å²) >= 11 is 1.35. The molecule has 2 rings (SSSR count). The lowest BCUT2D eigenvalue weighted by molar-refractivity contribution is -0.116. The quantitative estimate of drug-likeness (QED) is 0.792. The zero-order valence-electron chi connectivity index (χ0n) is 14.7. The third kappa shape index (κ3) is 4.03. The van der Waals surface area contributed by atoms with Crippen LogP contribution in [0.4, 0.5) is 5.00 Å². The summed E-state index contributed by atoms with van der Waals surface area (Å²) in [4.78, 5) is 24.4. The molecule has 4 nitrogen and oxygen atoms in total. The summed E-state index contributed by atoms with van der Waals surface area (Å²) in [6, 6.07) is 6.11. The molecule has 0 unspecified atom stereocenters. The first kappa shape index (κ1) is 18.2. The van der Waals surface area contributed by atoms with Crippen LogP contribution < -0.4 is 5.32 Å². The van der Waals surface area contributed by atoms with Crippen molar-refractivity contribution in [2.24, 2.45) is 5.92 Å². The molecule has 1 aromatic carbocycles. The fourth-order valence-electron chi connectivity index (χ4n) is 2.53. The Hall–Kier alpha value is -2.14. The summed E-state index contributed by atoms with van der Waals surface area (Å²) in [5, 5.41) is 5.31. The fraction of sp³-hybridized carbons (Fsp3) is 0.368. The van der Waals surface area contributed by atoms with Gasteiger partial charge in [0.1, 0.15) is 10.6 Å². The maximum absolute atomic E-state index is 12.3. The molecule has 0 saturated heterocycles. The minimum atomic E-state index is -0.438. The minimum absolute atomic E-state index is 0.0930. The highest BCUT2D eigenvalue weighted by atomic mass is 32.1. The highest BCUT2D eigenvalue weighted by molar-refractivity contribution is 7.15. The third-order valence-corrected chi connectivity index (χ3v) is 4.61. The van der Waals surface area contributed by atoms with Gasteiger partial charge in [0.15, 0.2) is 0 Å². The predicted molar refractivity (Wildman–Crippen MR) is 98.7 cm³/mol. The normalized spacial score (nSPS) is 10.8. The van der Waals surface area contributed by atoms with Crippen LogP contribution in [-0.4, -0.2) is 19.0 Å². The summed E-state index contributed by atoms with van der Waals surface area (Å²) in [5.74, 6) is -0.276. The summed E-state index contributed by atoms with van der Waals surface area (Å²) in [5.41, 5.74) is 4.39. The highest BCUT2D eigenvalue weighted by Gasteiger charge is 2.23. The second-order valence-corrected chi connectivity index (χ2v) is 7.19. The maximum Gasteiger partial charge on any atom is 0.341 e. The van der Waals surface area contributed by atoms with Crippen molar-refractivity contribution in [3.05, 3.63) is 40.3 Å². The Morgan fingerprint density at radius 3 is 2.54 bits per heavy atom. The molecule has 0 bridgehead atoms. The summed E-state index contributed by atoms with van der Waals surface area (Å²) < 4.78 is 4.95. The lowest BCUT2D eigenvalue weighted by Crippen LogP contribution is -2.15. The Labute approximate surface area is 146 Å². The van der Waals surface area contributed by atoms with Gasteiger partial charge in [0.25, 0.3) is 0 Å². The third-order valence-electron chi connectivity index (χ3n) is 3.71. The molecule has 24 heavy (non-hydrogen) atoms. The second kappa shape index (κ2) is 7.62. The van der Waals surface area contributed by atoms with E-state index >= 15 is 0 Å². The standard InChI is InChI=1S/C19H23NO3S/c1-11(2)8-16(21)20-18-17(19(22)23-5)15(10-24-18)14-9-12(3)6-7-13(14)4/h6-7,9-11H,8H2,1-5H3,(H,20,21). The molecule has 0 aliphatic rings. The maximum atomic E-state index is 12.3. The number of hydrogen-bond acceptors (Lipinski definition) is 4. The van der Waals surface area contributed by atoms with Crippen LogP contribution >= 0.6 is 11.3 Å². The number of rotatable bonds is 5. The van der Waals surface area contributed by atoms with Crippen LogP contribution in [-0.2, 0) is 9.53 Å². The first-order valence-electron chi connectivity index (χ1n) is 7.90. The molecule has 0 aliphatic carbocycles. The molecule has 0 spiro atoms. The number of thiophene rings is 1. The molecule has 5 heteroatoms. The molecule has 2 aromatic rings. The number of hydrogen-bond donors (Lipinski definition) is 1. The number of carbonyl (C=O) groups excluding carboxylic acids is 2. The number of methoxy groups -OCH3 is 1. The molecular formula is C19H23NO3S. The Bertz CT molecular complexity index is 762. The Balaban J connectivity index is 2.48. The van der Waals surface area contributed by atoms with Crippen LogP contribution in [0.1, 0.15) is 41.8 Å². The van der Waals surface area contributed by atoms with Crippen molar-refractivity contribution in [2.45, 2.75) is 34.1 Å². The number of aryl methyl sites for hydroxylation is 2. The van der Waals surface area contributed by atoms with Gasteiger partial charge in [-0.2, -0.15) is 0 Å². The van der Waals surface area contributed by atoms with E-state index < -0.39 is 5.97 Å². The minimum Gasteiger partial charge on any atom is -0.465 e. The van der Waals surface area contributed by atoms with Gasteiger partial charge in [-0.1, -0.05) is 37.6 Å². The van der Waals surface area contributed by atoms with Crippen molar-refractivity contribution < 1.29 is 14.3 Å². The lowest BCUT2D eigenvalue weighted by atomic mass is 9.97. The first-order chi connectivity index (χ1) is 11.3. The smallest absolute Gasteiger partial charge is 0.341 e. The second-order valence-electron chi connectivity index (χ2n) is 6.31. The summed E-state index contributed by atoms with van der Waals surface area (Å²) in [6.45, 7) is 7.98. The van der Waals surface area contributed by atoms with E-state index in [0.717, 1.165) is 22.3 Å². The topological polar surface area (TPSA) is 55.4 Å². The number of carbonyl (C=O) groups is 2. The van der Waals surface area contributed by atoms with Crippen LogP contribution in [0.2, 0.25) is 0 Å². The van der Waals surface area contributed by atoms with E-state index in [2.05, 4.69) is 5.32 Å². The van der Waals surface area contributed by atoms with Gasteiger partial charge in [-0.3, -0.25) is 4.79 Å². The van der Waals surface area contributed by atoms with E-state index in [9.17, 15) is 9.59 Å². The van der Waals surface area contributed by atoms with Gasteiger partial charge in [-0.15, -0.1) is 11.3 Å². The molecule has 0 fully saturated rings. The van der Waals surface area contributed by atoms with E-state index in [0.29, 0.717) is 17.0 Å². The monoisotopic (exact) mass is 345 g/mol. The largest absolute Gasteiger partial charge is 0.465 e. The van der Waals surface area contributed by atoms with Crippen LogP contribution in [0.25, 0.3) is 11.1 Å². The highest BCUT2D eigenvalue weighted by Crippen LogP contribution is 2.38. The Kier molecular flexibility index (Phi) is 5.78. The van der Waals surface area contributed by atoms with Gasteiger partial charge >= 0.3 is 5.97 Å². The number of esters is 1. The fourth-order valence-corrected chi connectivity index (χ4v) is 3.49. The number of benzene rings is 1. The SMILES string of the molecule is COC(=O)c1c(-c2cc(C)ccc2C)csc1NC(=O)CC(C)C. The van der Waals surface area contributed by atoms with Crippen molar-refractivity contribution in [3.8, 4) is 11.1 Å². The zero-order valence-corrected chi connectivity index (χ0v) is 15.5. The molecule has 1 amide bonds. The van der Waals surface area contributed by atoms with Crippen molar-refractivity contribution >= 4 is 28.2 Å². The summed E-state index contributed by atoms with van der Waals surface area (Å²) in [6.07, 6.45) is 0.414. The first-order valence-corrected chi connectivity index (χ1v) is 8.78. The molecule has 128 valence electrons. The van der Waals surface area contributed by atoms with Crippen LogP contribution in [0, 0.1) is 19.8 Å². The van der Waals surface area contributed by atoms with E-state index in [4.69, 9.17) is 4.74 Å². The van der Waals surface area contributed by atoms with E-state index in [1.165, 1.54) is 18.4 Å². The average Bonchev–Trinajstić information content (AvgIpc) is 2.91. The van der Waals surface area contributed by atoms with Gasteiger partial charge < -0.3 is 10.1 Å². The van der Waals surface area contributed by atoms with E-state index in [1.807, 2.05) is 51.3 Å². The number of amides is 1. The van der Waals surface area contributed by atoms with Crippen molar-refractivity contribution in [2.75, 3.05) is 12.4 Å². The van der Waals surface area contributed by atoms with Crippen LogP contribution in [0.15, 0.2) is 23.6 Å². The molecule has 1 aromatic heterocycles. The van der Waals surface area contributed by atoms with E-state index in [-0.39, 0.29) is 11.8 Å². The predicted octanol–water partition coefficient (Wildman–Crippen LogP) is 4.80. The van der Waals surface area contributed by atoms with Gasteiger partial charge in [0.05, 0.1) is 7.11 Å². The van der Waals surface area contributed by atoms with Gasteiger partial charge in [-0.05, 0) is 30.9 Å². The molecule has 0 radical (unpaired) electrons. The van der Waals surface area contributed by atoms with Gasteiger partial charge in [-0.25, -0.2) is 4.79 Å². The zero-order chi connectivity index (χ0) is 17.9.